The fraction of sp³-hybridized carbons (Fsp3) is 0.353. The van der Waals surface area contributed by atoms with Gasteiger partial charge in [0, 0.05) is 10.9 Å². The zero-order valence-electron chi connectivity index (χ0n) is 23.4. The molecular formula is C34H40N2O3S. The van der Waals surface area contributed by atoms with Crippen LogP contribution < -0.4 is 0 Å². The largest absolute Gasteiger partial charge is 0.294 e. The van der Waals surface area contributed by atoms with E-state index >= 15 is 0 Å². The lowest BCUT2D eigenvalue weighted by molar-refractivity contribution is 0.483. The molecule has 210 valence electrons. The number of hydrogen-bond donors (Lipinski definition) is 1. The molecular weight excluding hydrogens is 516 g/mol. The van der Waals surface area contributed by atoms with E-state index in [1.54, 1.807) is 0 Å². The third-order valence-corrected chi connectivity index (χ3v) is 8.28. The predicted octanol–water partition coefficient (Wildman–Crippen LogP) is 10.6. The average Bonchev–Trinajstić information content (AvgIpc) is 2.97. The summed E-state index contributed by atoms with van der Waals surface area (Å²) >= 11 is 0. The number of benzene rings is 4. The Bertz CT molecular complexity index is 1510. The summed E-state index contributed by atoms with van der Waals surface area (Å²) in [7, 11) is -4.25. The highest BCUT2D eigenvalue weighted by Gasteiger charge is 2.13. The van der Waals surface area contributed by atoms with Gasteiger partial charge in [0.2, 0.25) is 0 Å². The molecule has 0 unspecified atom stereocenters. The van der Waals surface area contributed by atoms with Crippen molar-refractivity contribution in [2.75, 3.05) is 0 Å². The Morgan fingerprint density at radius 1 is 0.625 bits per heavy atom. The first kappa shape index (κ1) is 29.6. The molecule has 0 saturated carbocycles. The van der Waals surface area contributed by atoms with Crippen molar-refractivity contribution in [3.05, 3.63) is 90.5 Å². The maximum atomic E-state index is 11.4. The van der Waals surface area contributed by atoms with E-state index in [4.69, 9.17) is 0 Å². The van der Waals surface area contributed by atoms with Gasteiger partial charge in [-0.25, -0.2) is 0 Å². The minimum Gasteiger partial charge on any atom is -0.282 e. The van der Waals surface area contributed by atoms with Gasteiger partial charge in [-0.2, -0.15) is 13.5 Å². The summed E-state index contributed by atoms with van der Waals surface area (Å²) in [6, 6.07) is 26.7. The Kier molecular flexibility index (Phi) is 11.0. The van der Waals surface area contributed by atoms with Crippen LogP contribution in [-0.4, -0.2) is 13.0 Å². The normalized spacial score (nSPS) is 11.9. The maximum absolute atomic E-state index is 11.4. The lowest BCUT2D eigenvalue weighted by atomic mass is 9.92. The molecule has 4 rings (SSSR count). The van der Waals surface area contributed by atoms with Crippen LogP contribution in [0.5, 0.6) is 0 Å². The van der Waals surface area contributed by atoms with Gasteiger partial charge in [-0.1, -0.05) is 125 Å². The van der Waals surface area contributed by atoms with Crippen LogP contribution in [0.15, 0.2) is 100 Å². The van der Waals surface area contributed by atoms with Crippen molar-refractivity contribution in [1.29, 1.82) is 0 Å². The fourth-order valence-corrected chi connectivity index (χ4v) is 5.66. The summed E-state index contributed by atoms with van der Waals surface area (Å²) in [6.45, 7) is 2.26. The van der Waals surface area contributed by atoms with Crippen LogP contribution in [0.1, 0.15) is 76.7 Å². The number of unbranched alkanes of at least 4 members (excludes halogenated alkanes) is 9. The van der Waals surface area contributed by atoms with Crippen LogP contribution in [0.4, 0.5) is 11.4 Å². The van der Waals surface area contributed by atoms with Gasteiger partial charge in [-0.15, -0.1) is 5.11 Å². The first-order valence-corrected chi connectivity index (χ1v) is 16.0. The third-order valence-electron chi connectivity index (χ3n) is 7.41. The summed E-state index contributed by atoms with van der Waals surface area (Å²) in [4.78, 5) is -0.168. The van der Waals surface area contributed by atoms with E-state index in [2.05, 4.69) is 65.7 Å². The smallest absolute Gasteiger partial charge is 0.282 e. The second-order valence-electron chi connectivity index (χ2n) is 10.4. The van der Waals surface area contributed by atoms with E-state index in [1.807, 2.05) is 12.1 Å². The molecule has 0 bridgehead atoms. The highest BCUT2D eigenvalue weighted by molar-refractivity contribution is 7.85. The molecule has 0 saturated heterocycles. The van der Waals surface area contributed by atoms with Crippen molar-refractivity contribution in [2.24, 2.45) is 10.2 Å². The molecule has 0 aliphatic heterocycles. The quantitative estimate of drug-likeness (QED) is 0.0898. The number of nitrogens with zero attached hydrogens (tertiary/aromatic N) is 2. The van der Waals surface area contributed by atoms with E-state index < -0.39 is 10.1 Å². The summed E-state index contributed by atoms with van der Waals surface area (Å²) in [5, 5.41) is 11.2. The number of aryl methyl sites for hydroxylation is 1. The summed E-state index contributed by atoms with van der Waals surface area (Å²) in [5.74, 6) is 0. The molecule has 6 heteroatoms. The Morgan fingerprint density at radius 2 is 1.25 bits per heavy atom. The van der Waals surface area contributed by atoms with Crippen molar-refractivity contribution >= 4 is 32.3 Å². The van der Waals surface area contributed by atoms with Gasteiger partial charge in [-0.05, 0) is 53.6 Å². The van der Waals surface area contributed by atoms with Crippen molar-refractivity contribution < 1.29 is 13.0 Å². The van der Waals surface area contributed by atoms with Crippen LogP contribution in [0.3, 0.4) is 0 Å². The molecule has 0 aromatic heterocycles. The summed E-state index contributed by atoms with van der Waals surface area (Å²) < 4.78 is 32.0. The monoisotopic (exact) mass is 556 g/mol. The Labute approximate surface area is 239 Å². The van der Waals surface area contributed by atoms with E-state index in [-0.39, 0.29) is 4.90 Å². The van der Waals surface area contributed by atoms with Gasteiger partial charge >= 0.3 is 0 Å². The minimum absolute atomic E-state index is 0.168. The van der Waals surface area contributed by atoms with Crippen molar-refractivity contribution in [3.8, 4) is 11.1 Å². The van der Waals surface area contributed by atoms with Gasteiger partial charge in [0.25, 0.3) is 10.1 Å². The highest BCUT2D eigenvalue weighted by atomic mass is 32.2. The molecule has 0 atom stereocenters. The van der Waals surface area contributed by atoms with Gasteiger partial charge in [0.15, 0.2) is 0 Å². The van der Waals surface area contributed by atoms with Gasteiger partial charge in [0.1, 0.15) is 5.69 Å². The molecule has 0 radical (unpaired) electrons. The molecule has 0 heterocycles. The zero-order chi connectivity index (χ0) is 28.2. The van der Waals surface area contributed by atoms with Crippen molar-refractivity contribution in [1.82, 2.24) is 0 Å². The zero-order valence-corrected chi connectivity index (χ0v) is 24.2. The minimum atomic E-state index is -4.25. The Balaban J connectivity index is 1.51. The van der Waals surface area contributed by atoms with Crippen LogP contribution >= 0.6 is 0 Å². The molecule has 5 nitrogen and oxygen atoms in total. The molecule has 0 aliphatic carbocycles. The lowest BCUT2D eigenvalue weighted by Gasteiger charge is -2.14. The number of fused-ring (bicyclic) bond motifs is 1. The average molecular weight is 557 g/mol. The van der Waals surface area contributed by atoms with Crippen LogP contribution in [0.2, 0.25) is 0 Å². The maximum Gasteiger partial charge on any atom is 0.294 e. The van der Waals surface area contributed by atoms with E-state index in [1.165, 1.54) is 93.2 Å². The van der Waals surface area contributed by atoms with Gasteiger partial charge in [-0.3, -0.25) is 4.55 Å². The molecule has 4 aromatic rings. The SMILES string of the molecule is CCCCCCCCCCCCc1ccccc1-c1ccc2ccccc2c1N=Nc1ccc(S(=O)(=O)O)cc1. The second-order valence-corrected chi connectivity index (χ2v) is 11.9. The molecule has 0 spiro atoms. The first-order chi connectivity index (χ1) is 19.5. The van der Waals surface area contributed by atoms with Crippen LogP contribution in [-0.2, 0) is 16.5 Å². The number of azo groups is 1. The summed E-state index contributed by atoms with van der Waals surface area (Å²) in [5.41, 5.74) is 4.79. The molecule has 0 amide bonds. The summed E-state index contributed by atoms with van der Waals surface area (Å²) in [6.07, 6.45) is 14.2. The van der Waals surface area contributed by atoms with E-state index in [9.17, 15) is 13.0 Å². The van der Waals surface area contributed by atoms with Gasteiger partial charge in [0.05, 0.1) is 10.6 Å². The van der Waals surface area contributed by atoms with Crippen molar-refractivity contribution in [3.63, 3.8) is 0 Å². The molecule has 4 aromatic carbocycles. The van der Waals surface area contributed by atoms with E-state index in [0.717, 1.165) is 34.9 Å². The molecule has 0 aliphatic rings. The fourth-order valence-electron chi connectivity index (χ4n) is 5.18. The topological polar surface area (TPSA) is 79.1 Å². The Hall–Kier alpha value is -3.35. The van der Waals surface area contributed by atoms with Crippen molar-refractivity contribution in [2.45, 2.75) is 82.4 Å². The standard InChI is InChI=1S/C34H40N2O3S/c1-2-3-4-5-6-7-8-9-10-11-16-27-17-12-14-19-31(27)33-26-21-28-18-13-15-20-32(28)34(33)36-35-29-22-24-30(25-23-29)40(37,38)39/h12-15,17-26H,2-11,16H2,1H3,(H,37,38,39). The molecule has 1 N–H and O–H groups in total. The second kappa shape index (κ2) is 14.9. The van der Waals surface area contributed by atoms with E-state index in [0.29, 0.717) is 5.69 Å². The number of rotatable bonds is 15. The van der Waals surface area contributed by atoms with Gasteiger partial charge < -0.3 is 0 Å². The molecule has 40 heavy (non-hydrogen) atoms. The first-order valence-electron chi connectivity index (χ1n) is 14.6. The lowest BCUT2D eigenvalue weighted by Crippen LogP contribution is -1.96. The predicted molar refractivity (Wildman–Crippen MR) is 165 cm³/mol. The number of hydrogen-bond acceptors (Lipinski definition) is 4. The third kappa shape index (κ3) is 8.33. The van der Waals surface area contributed by atoms with Crippen LogP contribution in [0, 0.1) is 0 Å². The highest BCUT2D eigenvalue weighted by Crippen LogP contribution is 2.39. The van der Waals surface area contributed by atoms with Crippen LogP contribution in [0.25, 0.3) is 21.9 Å². The Morgan fingerprint density at radius 3 is 1.95 bits per heavy atom. The molecule has 0 fully saturated rings.